The van der Waals surface area contributed by atoms with Gasteiger partial charge in [-0.1, -0.05) is 66.4 Å². The summed E-state index contributed by atoms with van der Waals surface area (Å²) in [6.45, 7) is 3.15. The Kier molecular flexibility index (Phi) is 7.92. The summed E-state index contributed by atoms with van der Waals surface area (Å²) < 4.78 is 40.4. The molecule has 4 aromatic rings. The minimum Gasteiger partial charge on any atom is -0.485 e. The molecule has 1 unspecified atom stereocenters. The first kappa shape index (κ1) is 23.9. The number of ether oxygens (including phenoxy) is 2. The highest BCUT2D eigenvalue weighted by Gasteiger charge is 2.18. The number of hydrogen-bond donors (Lipinski definition) is 0. The molecule has 0 aliphatic carbocycles. The lowest BCUT2D eigenvalue weighted by Gasteiger charge is -2.15. The van der Waals surface area contributed by atoms with E-state index in [1.165, 1.54) is 17.8 Å². The molecule has 0 saturated carbocycles. The van der Waals surface area contributed by atoms with Gasteiger partial charge in [-0.3, -0.25) is 0 Å². The maximum atomic E-state index is 13.7. The predicted molar refractivity (Wildman–Crippen MR) is 129 cm³/mol. The molecule has 1 atom stereocenters. The summed E-state index contributed by atoms with van der Waals surface area (Å²) in [5, 5.41) is 9.18. The average molecular weight is 482 g/mol. The fourth-order valence-electron chi connectivity index (χ4n) is 3.50. The van der Waals surface area contributed by atoms with Crippen molar-refractivity contribution >= 4 is 11.8 Å². The smallest absolute Gasteiger partial charge is 0.191 e. The average Bonchev–Trinajstić information content (AvgIpc) is 3.24. The number of hydrogen-bond acceptors (Lipinski definition) is 5. The van der Waals surface area contributed by atoms with Gasteiger partial charge in [0.05, 0.1) is 6.61 Å². The molecule has 0 bridgehead atoms. The van der Waals surface area contributed by atoms with Gasteiger partial charge in [-0.2, -0.15) is 0 Å². The van der Waals surface area contributed by atoms with Gasteiger partial charge in [0.2, 0.25) is 0 Å². The van der Waals surface area contributed by atoms with Crippen molar-refractivity contribution in [2.45, 2.75) is 30.5 Å². The topological polar surface area (TPSA) is 49.2 Å². The molecule has 4 rings (SSSR count). The van der Waals surface area contributed by atoms with Gasteiger partial charge in [0, 0.05) is 24.5 Å². The van der Waals surface area contributed by atoms with Crippen LogP contribution in [0.4, 0.5) is 8.78 Å². The van der Waals surface area contributed by atoms with Crippen LogP contribution in [0.25, 0.3) is 11.1 Å². The third kappa shape index (κ3) is 5.63. The van der Waals surface area contributed by atoms with Gasteiger partial charge < -0.3 is 14.0 Å². The van der Waals surface area contributed by atoms with E-state index in [4.69, 9.17) is 9.47 Å². The molecular weight excluding hydrogens is 456 g/mol. The number of aromatic nitrogens is 3. The summed E-state index contributed by atoms with van der Waals surface area (Å²) in [6.07, 6.45) is 0. The van der Waals surface area contributed by atoms with Crippen molar-refractivity contribution in [2.75, 3.05) is 13.7 Å². The molecule has 1 aromatic heterocycles. The molecule has 0 amide bonds. The Morgan fingerprint density at radius 2 is 1.71 bits per heavy atom. The SMILES string of the molecule is COCCn1c(COc2ccccc2-c2ccccc2)nnc1SC(C)c1ccc(F)c(F)c1. The van der Waals surface area contributed by atoms with Gasteiger partial charge in [0.25, 0.3) is 0 Å². The van der Waals surface area contributed by atoms with Gasteiger partial charge in [0.1, 0.15) is 12.4 Å². The standard InChI is InChI=1S/C26H25F2N3O2S/c1-18(20-12-13-22(27)23(28)16-20)34-26-30-29-25(31(26)14-15-32-2)17-33-24-11-7-6-10-21(24)19-8-4-3-5-9-19/h3-13,16,18H,14-15,17H2,1-2H3. The van der Waals surface area contributed by atoms with Crippen molar-refractivity contribution in [3.05, 3.63) is 95.8 Å². The summed E-state index contributed by atoms with van der Waals surface area (Å²) in [4.78, 5) is 0. The van der Waals surface area contributed by atoms with Gasteiger partial charge in [-0.15, -0.1) is 10.2 Å². The highest BCUT2D eigenvalue weighted by molar-refractivity contribution is 7.99. The van der Waals surface area contributed by atoms with Crippen molar-refractivity contribution in [1.82, 2.24) is 14.8 Å². The number of nitrogens with zero attached hydrogens (tertiary/aromatic N) is 3. The van der Waals surface area contributed by atoms with Gasteiger partial charge in [-0.25, -0.2) is 8.78 Å². The molecule has 5 nitrogen and oxygen atoms in total. The molecule has 0 fully saturated rings. The third-order valence-electron chi connectivity index (χ3n) is 5.34. The molecule has 176 valence electrons. The van der Waals surface area contributed by atoms with Crippen LogP contribution in [-0.2, 0) is 17.9 Å². The number of methoxy groups -OCH3 is 1. The summed E-state index contributed by atoms with van der Waals surface area (Å²) in [7, 11) is 1.63. The highest BCUT2D eigenvalue weighted by Crippen LogP contribution is 2.35. The Hall–Kier alpha value is -3.23. The van der Waals surface area contributed by atoms with E-state index < -0.39 is 11.6 Å². The molecule has 8 heteroatoms. The largest absolute Gasteiger partial charge is 0.485 e. The van der Waals surface area contributed by atoms with Crippen molar-refractivity contribution in [3.63, 3.8) is 0 Å². The van der Waals surface area contributed by atoms with E-state index in [2.05, 4.69) is 10.2 Å². The van der Waals surface area contributed by atoms with Crippen LogP contribution < -0.4 is 4.74 Å². The second kappa shape index (κ2) is 11.3. The van der Waals surface area contributed by atoms with Crippen LogP contribution in [0, 0.1) is 11.6 Å². The lowest BCUT2D eigenvalue weighted by atomic mass is 10.1. The second-order valence-electron chi connectivity index (χ2n) is 7.63. The molecule has 0 saturated heterocycles. The van der Waals surface area contributed by atoms with Crippen LogP contribution in [0.3, 0.4) is 0 Å². The number of rotatable bonds is 10. The molecule has 1 heterocycles. The normalized spacial score (nSPS) is 12.0. The molecule has 3 aromatic carbocycles. The minimum absolute atomic E-state index is 0.159. The quantitative estimate of drug-likeness (QED) is 0.249. The van der Waals surface area contributed by atoms with E-state index in [0.717, 1.165) is 22.9 Å². The Morgan fingerprint density at radius 3 is 2.47 bits per heavy atom. The van der Waals surface area contributed by atoms with E-state index in [0.29, 0.717) is 29.7 Å². The predicted octanol–water partition coefficient (Wildman–Crippen LogP) is 6.30. The number of para-hydroxylation sites is 1. The zero-order valence-electron chi connectivity index (χ0n) is 18.9. The first-order valence-corrected chi connectivity index (χ1v) is 11.7. The van der Waals surface area contributed by atoms with Crippen molar-refractivity contribution in [2.24, 2.45) is 0 Å². The summed E-state index contributed by atoms with van der Waals surface area (Å²) >= 11 is 1.42. The Morgan fingerprint density at radius 1 is 0.941 bits per heavy atom. The first-order chi connectivity index (χ1) is 16.6. The summed E-state index contributed by atoms with van der Waals surface area (Å²) in [5.74, 6) is -0.323. The van der Waals surface area contributed by atoms with Gasteiger partial charge >= 0.3 is 0 Å². The third-order valence-corrected chi connectivity index (χ3v) is 6.47. The Balaban J connectivity index is 1.54. The van der Waals surface area contributed by atoms with E-state index in [1.54, 1.807) is 13.2 Å². The van der Waals surface area contributed by atoms with Crippen LogP contribution in [0.15, 0.2) is 78.0 Å². The van der Waals surface area contributed by atoms with Crippen LogP contribution in [0.2, 0.25) is 0 Å². The monoisotopic (exact) mass is 481 g/mol. The fraction of sp³-hybridized carbons (Fsp3) is 0.231. The van der Waals surface area contributed by atoms with Crippen LogP contribution in [0.5, 0.6) is 5.75 Å². The molecular formula is C26H25F2N3O2S. The van der Waals surface area contributed by atoms with Gasteiger partial charge in [0.15, 0.2) is 22.6 Å². The van der Waals surface area contributed by atoms with Crippen LogP contribution in [0.1, 0.15) is 23.6 Å². The van der Waals surface area contributed by atoms with Crippen molar-refractivity contribution < 1.29 is 18.3 Å². The molecule has 0 radical (unpaired) electrons. The van der Waals surface area contributed by atoms with Gasteiger partial charge in [-0.05, 0) is 36.2 Å². The summed E-state index contributed by atoms with van der Waals surface area (Å²) in [6, 6.07) is 21.8. The van der Waals surface area contributed by atoms with Crippen LogP contribution in [-0.4, -0.2) is 28.5 Å². The number of halogens is 2. The first-order valence-electron chi connectivity index (χ1n) is 10.9. The molecule has 0 aliphatic rings. The maximum Gasteiger partial charge on any atom is 0.191 e. The number of benzene rings is 3. The van der Waals surface area contributed by atoms with E-state index in [1.807, 2.05) is 66.1 Å². The highest BCUT2D eigenvalue weighted by atomic mass is 32.2. The maximum absolute atomic E-state index is 13.7. The minimum atomic E-state index is -0.864. The molecule has 0 aliphatic heterocycles. The fourth-order valence-corrected chi connectivity index (χ4v) is 4.51. The van der Waals surface area contributed by atoms with E-state index in [-0.39, 0.29) is 11.9 Å². The summed E-state index contributed by atoms with van der Waals surface area (Å²) in [5.41, 5.74) is 2.72. The Bertz CT molecular complexity index is 1230. The van der Waals surface area contributed by atoms with Crippen LogP contribution >= 0.6 is 11.8 Å². The van der Waals surface area contributed by atoms with Crippen molar-refractivity contribution in [3.8, 4) is 16.9 Å². The van der Waals surface area contributed by atoms with Crippen molar-refractivity contribution in [1.29, 1.82) is 0 Å². The molecule has 34 heavy (non-hydrogen) atoms. The second-order valence-corrected chi connectivity index (χ2v) is 8.94. The molecule has 0 spiro atoms. The lowest BCUT2D eigenvalue weighted by molar-refractivity contribution is 0.181. The zero-order valence-corrected chi connectivity index (χ0v) is 19.8. The lowest BCUT2D eigenvalue weighted by Crippen LogP contribution is -2.12. The van der Waals surface area contributed by atoms with E-state index >= 15 is 0 Å². The zero-order chi connectivity index (χ0) is 23.9. The van der Waals surface area contributed by atoms with E-state index in [9.17, 15) is 8.78 Å². The number of thioether (sulfide) groups is 1. The molecule has 0 N–H and O–H groups in total. The Labute approximate surface area is 201 Å².